The molecule has 584 valence electrons. The Balaban J connectivity index is 0.000000145. The van der Waals surface area contributed by atoms with Gasteiger partial charge >= 0.3 is 0 Å². The van der Waals surface area contributed by atoms with E-state index in [9.17, 15) is 10.5 Å². The lowest BCUT2D eigenvalue weighted by Gasteiger charge is -2.17. The minimum atomic E-state index is 0.646. The van der Waals surface area contributed by atoms with Crippen LogP contribution in [0.25, 0.3) is 232 Å². The minimum Gasteiger partial charge on any atom is -0.309 e. The van der Waals surface area contributed by atoms with Gasteiger partial charge in [-0.2, -0.15) is 10.5 Å². The van der Waals surface area contributed by atoms with Gasteiger partial charge in [-0.05, 0) is 254 Å². The zero-order valence-electron chi connectivity index (χ0n) is 68.1. The molecule has 0 saturated carbocycles. The molecular weight excluding hydrogens is 1530 g/mol. The minimum absolute atomic E-state index is 0.646. The largest absolute Gasteiger partial charge is 0.309 e. The Labute approximate surface area is 726 Å². The van der Waals surface area contributed by atoms with Crippen LogP contribution < -0.4 is 0 Å². The second kappa shape index (κ2) is 31.1. The zero-order valence-corrected chi connectivity index (χ0v) is 68.1. The van der Waals surface area contributed by atoms with Crippen molar-refractivity contribution in [3.8, 4) is 136 Å². The molecule has 24 aromatic rings. The summed E-state index contributed by atoms with van der Waals surface area (Å²) in [4.78, 5) is 20.0. The first kappa shape index (κ1) is 73.8. The van der Waals surface area contributed by atoms with Crippen LogP contribution in [0.15, 0.2) is 437 Å². The second-order valence-electron chi connectivity index (χ2n) is 32.1. The predicted molar refractivity (Wildman–Crippen MR) is 522 cm³/mol. The molecule has 0 aliphatic heterocycles. The second-order valence-corrected chi connectivity index (χ2v) is 32.1. The van der Waals surface area contributed by atoms with Gasteiger partial charge in [0, 0.05) is 73.1 Å². The maximum Gasteiger partial charge on any atom is 0.161 e. The van der Waals surface area contributed by atoms with Gasteiger partial charge in [-0.25, -0.2) is 9.97 Å². The number of para-hydroxylation sites is 2. The highest BCUT2D eigenvalue weighted by Crippen LogP contribution is 2.48. The molecule has 0 saturated heterocycles. The molecular formula is C118H72N8. The molecule has 0 aliphatic rings. The number of hydrogen-bond donors (Lipinski definition) is 0. The van der Waals surface area contributed by atoms with Crippen molar-refractivity contribution in [2.75, 3.05) is 0 Å². The smallest absolute Gasteiger partial charge is 0.161 e. The molecule has 0 unspecified atom stereocenters. The van der Waals surface area contributed by atoms with Gasteiger partial charge in [0.15, 0.2) is 5.82 Å². The van der Waals surface area contributed by atoms with Crippen molar-refractivity contribution >= 4 is 108 Å². The summed E-state index contributed by atoms with van der Waals surface area (Å²) in [7, 11) is 0. The average molecular weight is 1600 g/mol. The topological polar surface area (TPSA) is 109 Å². The summed E-state index contributed by atoms with van der Waals surface area (Å²) in [6.45, 7) is 0. The fourth-order valence-electron chi connectivity index (χ4n) is 19.0. The first-order valence-electron chi connectivity index (χ1n) is 42.4. The Morgan fingerprint density at radius 1 is 0.183 bits per heavy atom. The SMILES string of the molecule is N#Cc1ccc2c3ccc(-c4ccc(-c5cc6c7ccccc7c(-c7cc(-c8ccccn8)cc(-c8ccccn8)c7)cc6c6ccccc56)cc4)cc3n(-c3ccccc3)c2c1.N#Cc1ccc2c3ccc(-c4ccc(-c5cc6c7ccccc7c(-c7nc(-c8ccccc8)cc(-c8ccccc8)n7)cc6c6ccccc56)cc4)cc3n(-c3ccccc3)c2c1. The van der Waals surface area contributed by atoms with E-state index in [2.05, 4.69) is 373 Å². The van der Waals surface area contributed by atoms with Gasteiger partial charge in [0.05, 0.1) is 68.1 Å². The summed E-state index contributed by atoms with van der Waals surface area (Å²) in [6, 6.07) is 155. The molecule has 19 aromatic carbocycles. The predicted octanol–water partition coefficient (Wildman–Crippen LogP) is 30.5. The Kier molecular flexibility index (Phi) is 18.2. The molecule has 0 amide bonds. The Morgan fingerprint density at radius 2 is 0.484 bits per heavy atom. The van der Waals surface area contributed by atoms with E-state index in [0.717, 1.165) is 155 Å². The maximum atomic E-state index is 9.76. The van der Waals surface area contributed by atoms with Gasteiger partial charge in [-0.3, -0.25) is 9.97 Å². The maximum absolute atomic E-state index is 9.76. The fourth-order valence-corrected chi connectivity index (χ4v) is 19.0. The zero-order chi connectivity index (χ0) is 83.7. The lowest BCUT2D eigenvalue weighted by Crippen LogP contribution is -1.97. The molecule has 0 atom stereocenters. The van der Waals surface area contributed by atoms with Crippen LogP contribution in [0.3, 0.4) is 0 Å². The fraction of sp³-hybridized carbons (Fsp3) is 0. The molecule has 126 heavy (non-hydrogen) atoms. The highest BCUT2D eigenvalue weighted by Gasteiger charge is 2.23. The van der Waals surface area contributed by atoms with Crippen molar-refractivity contribution in [1.82, 2.24) is 29.1 Å². The van der Waals surface area contributed by atoms with Gasteiger partial charge < -0.3 is 9.13 Å². The standard InChI is InChI=1S/2C59H36N4/c60-37-38-24-30-49-50-31-29-43(33-58(50)63(57(49)32-38)44-18-8-3-9-19-44)39-25-27-40(28-26-39)51-34-52-47-22-12-13-23-48(47)54(35-53(52)46-21-11-10-20-45(46)51)59-61-55(41-14-4-1-5-15-41)36-56(62-59)42-16-6-2-7-17-42;60-37-38-20-26-50-51-27-25-41(34-59(51)63(58(50)30-38)45-12-2-1-3-13-45)39-21-23-40(24-22-39)52-35-54-49-17-7-5-15-47(49)53(36-55(54)48-16-6-4-14-46(48)52)42-31-43(56-18-8-10-28-61-56)33-44(32-42)57-19-9-11-29-62-57/h2*1-36H. The van der Waals surface area contributed by atoms with E-state index in [4.69, 9.17) is 19.9 Å². The number of benzene rings is 19. The van der Waals surface area contributed by atoms with Gasteiger partial charge in [0.25, 0.3) is 0 Å². The van der Waals surface area contributed by atoms with Crippen LogP contribution in [-0.4, -0.2) is 29.1 Å². The molecule has 8 heteroatoms. The summed E-state index contributed by atoms with van der Waals surface area (Å²) >= 11 is 0. The molecule has 24 rings (SSSR count). The molecule has 0 bridgehead atoms. The highest BCUT2D eigenvalue weighted by molar-refractivity contribution is 6.26. The van der Waals surface area contributed by atoms with E-state index >= 15 is 0 Å². The van der Waals surface area contributed by atoms with Gasteiger partial charge in [0.1, 0.15) is 0 Å². The van der Waals surface area contributed by atoms with Crippen molar-refractivity contribution < 1.29 is 0 Å². The van der Waals surface area contributed by atoms with Crippen LogP contribution in [0, 0.1) is 22.7 Å². The summed E-state index contributed by atoms with van der Waals surface area (Å²) in [5.41, 5.74) is 28.0. The van der Waals surface area contributed by atoms with Gasteiger partial charge in [-0.15, -0.1) is 0 Å². The lowest BCUT2D eigenvalue weighted by molar-refractivity contribution is 1.18. The summed E-state index contributed by atoms with van der Waals surface area (Å²) < 4.78 is 4.55. The number of aromatic nitrogens is 6. The number of pyridine rings is 2. The first-order valence-corrected chi connectivity index (χ1v) is 42.4. The lowest BCUT2D eigenvalue weighted by atomic mass is 9.86. The monoisotopic (exact) mass is 1600 g/mol. The van der Waals surface area contributed by atoms with Crippen LogP contribution in [0.1, 0.15) is 11.1 Å². The summed E-state index contributed by atoms with van der Waals surface area (Å²) in [6.07, 6.45) is 3.70. The number of nitrogens with zero attached hydrogens (tertiary/aromatic N) is 8. The van der Waals surface area contributed by atoms with E-state index in [1.807, 2.05) is 85.2 Å². The molecule has 0 aliphatic carbocycles. The molecule has 0 radical (unpaired) electrons. The molecule has 5 aromatic heterocycles. The average Bonchev–Trinajstić information content (AvgIpc) is 1.23. The summed E-state index contributed by atoms with van der Waals surface area (Å²) in [5, 5.41) is 38.3. The Hall–Kier alpha value is -17.3. The summed E-state index contributed by atoms with van der Waals surface area (Å²) in [5.74, 6) is 0.700. The molecule has 8 nitrogen and oxygen atoms in total. The van der Waals surface area contributed by atoms with E-state index in [1.54, 1.807) is 0 Å². The van der Waals surface area contributed by atoms with Crippen LogP contribution >= 0.6 is 0 Å². The van der Waals surface area contributed by atoms with Crippen molar-refractivity contribution in [2.45, 2.75) is 0 Å². The third kappa shape index (κ3) is 13.0. The molecule has 0 fully saturated rings. The third-order valence-electron chi connectivity index (χ3n) is 24.9. The Bertz CT molecular complexity index is 7930. The number of nitriles is 2. The highest BCUT2D eigenvalue weighted by atomic mass is 15.0. The third-order valence-corrected chi connectivity index (χ3v) is 24.9. The van der Waals surface area contributed by atoms with Crippen LogP contribution in [0.4, 0.5) is 0 Å². The van der Waals surface area contributed by atoms with Crippen LogP contribution in [0.5, 0.6) is 0 Å². The van der Waals surface area contributed by atoms with Crippen molar-refractivity contribution in [2.24, 2.45) is 0 Å². The van der Waals surface area contributed by atoms with E-state index < -0.39 is 0 Å². The number of fused-ring (bicyclic) bond motifs is 16. The van der Waals surface area contributed by atoms with E-state index in [1.165, 1.54) is 70.6 Å². The van der Waals surface area contributed by atoms with Crippen molar-refractivity contribution in [3.63, 3.8) is 0 Å². The van der Waals surface area contributed by atoms with Gasteiger partial charge in [0.2, 0.25) is 0 Å². The molecule has 0 N–H and O–H groups in total. The number of hydrogen-bond acceptors (Lipinski definition) is 6. The van der Waals surface area contributed by atoms with Crippen LogP contribution in [-0.2, 0) is 0 Å². The molecule has 5 heterocycles. The van der Waals surface area contributed by atoms with E-state index in [0.29, 0.717) is 17.0 Å². The van der Waals surface area contributed by atoms with E-state index in [-0.39, 0.29) is 0 Å². The normalized spacial score (nSPS) is 11.5. The van der Waals surface area contributed by atoms with Crippen LogP contribution in [0.2, 0.25) is 0 Å². The first-order chi connectivity index (χ1) is 62.4. The Morgan fingerprint density at radius 3 is 0.857 bits per heavy atom. The quantitative estimate of drug-likeness (QED) is 0.113. The van der Waals surface area contributed by atoms with Crippen molar-refractivity contribution in [1.29, 1.82) is 10.5 Å². The van der Waals surface area contributed by atoms with Crippen molar-refractivity contribution in [3.05, 3.63) is 448 Å². The number of rotatable bonds is 12. The van der Waals surface area contributed by atoms with Gasteiger partial charge in [-0.1, -0.05) is 291 Å². The molecule has 0 spiro atoms.